The number of aliphatic carboxylic acids is 1. The number of aromatic amines is 2. The van der Waals surface area contributed by atoms with E-state index in [-0.39, 0.29) is 53.5 Å². The number of carboxylic acids is 1. The first-order valence-corrected chi connectivity index (χ1v) is 18.8. The molecule has 0 aromatic carbocycles. The van der Waals surface area contributed by atoms with Crippen LogP contribution in [-0.4, -0.2) is 121 Å². The average Bonchev–Trinajstić information content (AvgIpc) is 3.83. The van der Waals surface area contributed by atoms with E-state index < -0.39 is 101 Å². The number of ether oxygens (including phenoxy) is 2. The van der Waals surface area contributed by atoms with Gasteiger partial charge in [0.05, 0.1) is 25.9 Å². The summed E-state index contributed by atoms with van der Waals surface area (Å²) in [4.78, 5) is 91.2. The summed E-state index contributed by atoms with van der Waals surface area (Å²) in [6, 6.07) is -1.50. The molecule has 11 N–H and O–H groups in total. The average molecular weight is 804 g/mol. The maximum Gasteiger partial charge on any atom is 0.472 e. The fourth-order valence-electron chi connectivity index (χ4n) is 6.23. The molecule has 4 unspecified atom stereocenters. The summed E-state index contributed by atoms with van der Waals surface area (Å²) in [6.45, 7) is -1.86. The van der Waals surface area contributed by atoms with Crippen LogP contribution >= 0.6 is 15.6 Å². The molecule has 27 nitrogen and oxygen atoms in total. The molecule has 10 atom stereocenters. The molecular weight excluding hydrogens is 772 g/mol. The van der Waals surface area contributed by atoms with E-state index in [2.05, 4.69) is 35.2 Å². The van der Waals surface area contributed by atoms with Crippen molar-refractivity contribution in [3.05, 3.63) is 33.4 Å². The molecule has 0 bridgehead atoms. The number of aliphatic hydroxyl groups excluding tert-OH is 1. The summed E-state index contributed by atoms with van der Waals surface area (Å²) < 4.78 is 62.3. The number of nitrogen functional groups attached to an aromatic ring is 2. The summed E-state index contributed by atoms with van der Waals surface area (Å²) in [7, 11) is -10.5. The molecule has 1 amide bonds. The lowest BCUT2D eigenvalue weighted by Gasteiger charge is -2.29. The molecule has 3 saturated heterocycles. The van der Waals surface area contributed by atoms with E-state index in [1.165, 1.54) is 0 Å². The van der Waals surface area contributed by atoms with Crippen molar-refractivity contribution < 1.29 is 66.3 Å². The van der Waals surface area contributed by atoms with Crippen molar-refractivity contribution in [2.45, 2.75) is 68.3 Å². The van der Waals surface area contributed by atoms with Gasteiger partial charge >= 0.3 is 21.6 Å². The van der Waals surface area contributed by atoms with Gasteiger partial charge in [-0.2, -0.15) is 9.97 Å². The topological polar surface area (TPSA) is 396 Å². The quantitative estimate of drug-likeness (QED) is 0.0860. The van der Waals surface area contributed by atoms with Crippen molar-refractivity contribution in [1.29, 1.82) is 0 Å². The van der Waals surface area contributed by atoms with Crippen LogP contribution in [0.3, 0.4) is 0 Å². The molecule has 54 heavy (non-hydrogen) atoms. The standard InChI is InChI=1S/C25H31N11O16P2/c26-24-31-18-13(20(41)33-24)28-6-35(18)22-12(30-10(37)2-1-3-11(38)39)16-8(49-22)4-47-54(45,46)52-17-9(5-48-53(43,44)51-16)50-23(15(17)40)36-7-29-14-19(36)32-25(27)34-21(14)42/h6-9,12,15-17,22-23,40H,1-5H2,(H,30,37)(H,38,39)(H,43,44)(H,45,46)(H3,26,31,33,41)(H3,27,32,34,42)/t8-,9-,12?,15+,16?,17+,22-,23-/m1/s1. The summed E-state index contributed by atoms with van der Waals surface area (Å²) >= 11 is 0. The molecule has 0 spiro atoms. The third kappa shape index (κ3) is 7.38. The van der Waals surface area contributed by atoms with Crippen LogP contribution in [0.2, 0.25) is 0 Å². The van der Waals surface area contributed by atoms with E-state index >= 15 is 0 Å². The van der Waals surface area contributed by atoms with E-state index in [0.717, 1.165) is 21.8 Å². The number of hydrogen-bond donors (Lipinski definition) is 9. The minimum atomic E-state index is -5.25. The predicted molar refractivity (Wildman–Crippen MR) is 174 cm³/mol. The van der Waals surface area contributed by atoms with E-state index in [4.69, 9.17) is 44.1 Å². The Balaban J connectivity index is 1.20. The first-order valence-electron chi connectivity index (χ1n) is 15.8. The third-order valence-electron chi connectivity index (χ3n) is 8.54. The van der Waals surface area contributed by atoms with Gasteiger partial charge in [-0.3, -0.25) is 56.4 Å². The number of aromatic nitrogens is 8. The largest absolute Gasteiger partial charge is 0.481 e. The molecule has 292 valence electrons. The Labute approximate surface area is 298 Å². The van der Waals surface area contributed by atoms with Gasteiger partial charge < -0.3 is 46.3 Å². The zero-order chi connectivity index (χ0) is 38.7. The molecule has 3 aliphatic heterocycles. The molecule has 4 aromatic rings. The zero-order valence-electron chi connectivity index (χ0n) is 27.2. The van der Waals surface area contributed by atoms with Crippen molar-refractivity contribution in [3.8, 4) is 0 Å². The number of carbonyl (C=O) groups excluding carboxylic acids is 1. The maximum absolute atomic E-state index is 13.5. The number of imidazole rings is 2. The van der Waals surface area contributed by atoms with Crippen molar-refractivity contribution in [3.63, 3.8) is 0 Å². The number of nitrogens with zero attached hydrogens (tertiary/aromatic N) is 6. The lowest BCUT2D eigenvalue weighted by Crippen LogP contribution is -2.48. The molecule has 0 radical (unpaired) electrons. The normalized spacial score (nSPS) is 33.2. The summed E-state index contributed by atoms with van der Waals surface area (Å²) in [5.74, 6) is -2.57. The fourth-order valence-corrected chi connectivity index (χ4v) is 8.16. The Kier molecular flexibility index (Phi) is 9.90. The maximum atomic E-state index is 13.5. The van der Waals surface area contributed by atoms with Crippen molar-refractivity contribution >= 4 is 61.7 Å². The summed E-state index contributed by atoms with van der Waals surface area (Å²) in [5.41, 5.74) is 9.20. The number of phosphoric ester groups is 2. The second-order valence-corrected chi connectivity index (χ2v) is 15.0. The molecule has 0 aliphatic carbocycles. The monoisotopic (exact) mass is 803 g/mol. The van der Waals surface area contributed by atoms with Crippen LogP contribution in [0.4, 0.5) is 11.9 Å². The Hall–Kier alpha value is -4.66. The van der Waals surface area contributed by atoms with Gasteiger partial charge in [-0.15, -0.1) is 0 Å². The molecule has 3 fully saturated rings. The highest BCUT2D eigenvalue weighted by Gasteiger charge is 2.54. The van der Waals surface area contributed by atoms with Gasteiger partial charge in [0.25, 0.3) is 11.1 Å². The Morgan fingerprint density at radius 1 is 0.852 bits per heavy atom. The Morgan fingerprint density at radius 2 is 1.35 bits per heavy atom. The van der Waals surface area contributed by atoms with Crippen LogP contribution in [0.15, 0.2) is 22.2 Å². The third-order valence-corrected chi connectivity index (χ3v) is 10.5. The van der Waals surface area contributed by atoms with Crippen LogP contribution in [-0.2, 0) is 46.3 Å². The first-order chi connectivity index (χ1) is 25.5. The summed E-state index contributed by atoms with van der Waals surface area (Å²) in [5, 5.41) is 22.8. The smallest absolute Gasteiger partial charge is 0.472 e. The zero-order valence-corrected chi connectivity index (χ0v) is 29.0. The number of nitrogens with one attached hydrogen (secondary N) is 3. The number of aliphatic hydroxyl groups is 1. The second kappa shape index (κ2) is 14.2. The first kappa shape index (κ1) is 37.6. The molecule has 29 heteroatoms. The number of carbonyl (C=O) groups is 2. The van der Waals surface area contributed by atoms with Crippen LogP contribution in [0.5, 0.6) is 0 Å². The van der Waals surface area contributed by atoms with Crippen LogP contribution in [0.25, 0.3) is 22.3 Å². The van der Waals surface area contributed by atoms with Gasteiger partial charge in [-0.1, -0.05) is 0 Å². The van der Waals surface area contributed by atoms with Crippen molar-refractivity contribution in [2.24, 2.45) is 0 Å². The molecule has 3 aliphatic rings. The lowest BCUT2D eigenvalue weighted by atomic mass is 10.1. The van der Waals surface area contributed by atoms with Gasteiger partial charge in [-0.05, 0) is 6.42 Å². The van der Waals surface area contributed by atoms with E-state index in [1.54, 1.807) is 0 Å². The van der Waals surface area contributed by atoms with Crippen LogP contribution in [0.1, 0.15) is 31.7 Å². The number of H-pyrrole nitrogens is 2. The SMILES string of the molecule is Nc1nc2c(ncn2[C@@H]2O[C@@H]3COP(=O)(O)O[C@@H]4[C@H](O)[C@H](n5cnc6c(=O)[nH]c(N)nc65)O[C@@H]4COP(=O)(O)OC3C2NC(=O)CCCC(=O)O)c(=O)[nH]1. The number of fused-ring (bicyclic) bond motifs is 4. The highest BCUT2D eigenvalue weighted by atomic mass is 31.2. The molecule has 7 rings (SSSR count). The van der Waals surface area contributed by atoms with Crippen LogP contribution < -0.4 is 27.9 Å². The number of hydrogen-bond acceptors (Lipinski definition) is 19. The number of rotatable bonds is 7. The van der Waals surface area contributed by atoms with E-state index in [9.17, 15) is 43.2 Å². The molecule has 7 heterocycles. The second-order valence-electron chi connectivity index (χ2n) is 12.2. The minimum absolute atomic E-state index is 0.101. The number of phosphoric acid groups is 2. The lowest BCUT2D eigenvalue weighted by molar-refractivity contribution is -0.137. The number of anilines is 2. The van der Waals surface area contributed by atoms with E-state index in [1.807, 2.05) is 0 Å². The van der Waals surface area contributed by atoms with Crippen LogP contribution in [0, 0.1) is 0 Å². The van der Waals surface area contributed by atoms with E-state index in [0.29, 0.717) is 0 Å². The molecular formula is C25H31N11O16P2. The Bertz CT molecular complexity index is 2330. The predicted octanol–water partition coefficient (Wildman–Crippen LogP) is -2.67. The highest BCUT2D eigenvalue weighted by molar-refractivity contribution is 7.47. The van der Waals surface area contributed by atoms with Crippen molar-refractivity contribution in [1.82, 2.24) is 44.4 Å². The highest BCUT2D eigenvalue weighted by Crippen LogP contribution is 2.53. The number of carboxylic acid groups (broad SMARTS) is 1. The number of nitrogens with two attached hydrogens (primary N) is 2. The fraction of sp³-hybridized carbons (Fsp3) is 0.520. The molecule has 0 saturated carbocycles. The van der Waals surface area contributed by atoms with Gasteiger partial charge in [-0.25, -0.2) is 19.1 Å². The van der Waals surface area contributed by atoms with Gasteiger partial charge in [0.15, 0.2) is 34.8 Å². The molecule has 4 aromatic heterocycles. The van der Waals surface area contributed by atoms with Gasteiger partial charge in [0, 0.05) is 12.8 Å². The Morgan fingerprint density at radius 3 is 1.91 bits per heavy atom. The summed E-state index contributed by atoms with van der Waals surface area (Å²) in [6.07, 6.45) is -10.2. The van der Waals surface area contributed by atoms with Gasteiger partial charge in [0.2, 0.25) is 17.8 Å². The minimum Gasteiger partial charge on any atom is -0.481 e. The van der Waals surface area contributed by atoms with Gasteiger partial charge in [0.1, 0.15) is 36.6 Å². The van der Waals surface area contributed by atoms with Crippen molar-refractivity contribution in [2.75, 3.05) is 24.7 Å². The number of amides is 1.